The van der Waals surface area contributed by atoms with Gasteiger partial charge in [0.15, 0.2) is 23.7 Å². The molecular formula is C18H23F3O2. The molecule has 1 saturated heterocycles. The predicted octanol–water partition coefficient (Wildman–Crippen LogP) is 4.85. The van der Waals surface area contributed by atoms with Gasteiger partial charge in [-0.15, -0.1) is 0 Å². The molecule has 0 N–H and O–H groups in total. The van der Waals surface area contributed by atoms with Crippen LogP contribution in [0.1, 0.15) is 62.0 Å². The van der Waals surface area contributed by atoms with E-state index in [4.69, 9.17) is 9.47 Å². The van der Waals surface area contributed by atoms with Gasteiger partial charge in [0, 0.05) is 6.42 Å². The van der Waals surface area contributed by atoms with Crippen LogP contribution in [0.4, 0.5) is 13.2 Å². The maximum Gasteiger partial charge on any atom is 0.194 e. The third-order valence-corrected chi connectivity index (χ3v) is 4.84. The molecule has 1 aliphatic heterocycles. The number of hydrogen-bond acceptors (Lipinski definition) is 2. The van der Waals surface area contributed by atoms with Crippen molar-refractivity contribution < 1.29 is 22.6 Å². The molecule has 1 aromatic rings. The number of aryl methyl sites for hydroxylation is 1. The lowest BCUT2D eigenvalue weighted by Crippen LogP contribution is -2.25. The van der Waals surface area contributed by atoms with Gasteiger partial charge in [-0.05, 0) is 48.8 Å². The summed E-state index contributed by atoms with van der Waals surface area (Å²) in [6, 6.07) is 1.16. The first-order chi connectivity index (χ1) is 11.2. The highest BCUT2D eigenvalue weighted by atomic mass is 19.2. The molecule has 2 fully saturated rings. The summed E-state index contributed by atoms with van der Waals surface area (Å²) < 4.78 is 52.8. The van der Waals surface area contributed by atoms with Crippen LogP contribution in [0, 0.1) is 17.5 Å². The van der Waals surface area contributed by atoms with Crippen LogP contribution in [-0.2, 0) is 15.9 Å². The van der Waals surface area contributed by atoms with Gasteiger partial charge < -0.3 is 9.47 Å². The number of ether oxygens (including phenoxy) is 2. The molecule has 0 unspecified atom stereocenters. The van der Waals surface area contributed by atoms with Crippen molar-refractivity contribution in [3.63, 3.8) is 0 Å². The third kappa shape index (κ3) is 3.89. The molecule has 128 valence electrons. The lowest BCUT2D eigenvalue weighted by Gasteiger charge is -2.27. The summed E-state index contributed by atoms with van der Waals surface area (Å²) in [5.41, 5.74) is 0.936. The normalized spacial score (nSPS) is 20.8. The zero-order chi connectivity index (χ0) is 16.2. The minimum atomic E-state index is -1.35. The zero-order valence-electron chi connectivity index (χ0n) is 13.3. The zero-order valence-corrected chi connectivity index (χ0v) is 13.3. The predicted molar refractivity (Wildman–Crippen MR) is 80.8 cm³/mol. The standard InChI is InChI=1S/C18H23F3O2/c19-14-11-13(7-8-15-22-9-4-10-23-15)16(18(21)17(14)20)12-5-2-1-3-6-12/h11-12,15H,1-10H2. The maximum absolute atomic E-state index is 14.4. The second-order valence-corrected chi connectivity index (χ2v) is 6.46. The molecule has 2 nitrogen and oxygen atoms in total. The van der Waals surface area contributed by atoms with Gasteiger partial charge in [0.1, 0.15) is 0 Å². The van der Waals surface area contributed by atoms with E-state index in [9.17, 15) is 13.2 Å². The van der Waals surface area contributed by atoms with E-state index in [1.165, 1.54) is 0 Å². The average Bonchev–Trinajstić information content (AvgIpc) is 2.59. The van der Waals surface area contributed by atoms with Gasteiger partial charge in [0.05, 0.1) is 13.2 Å². The van der Waals surface area contributed by atoms with Crippen molar-refractivity contribution >= 4 is 0 Å². The van der Waals surface area contributed by atoms with Crippen molar-refractivity contribution in [2.45, 2.75) is 63.6 Å². The number of benzene rings is 1. The average molecular weight is 328 g/mol. The SMILES string of the molecule is Fc1cc(CCC2OCCCO2)c(C2CCCCC2)c(F)c1F. The Morgan fingerprint density at radius 2 is 1.61 bits per heavy atom. The molecule has 1 saturated carbocycles. The second-order valence-electron chi connectivity index (χ2n) is 6.46. The summed E-state index contributed by atoms with van der Waals surface area (Å²) in [6.45, 7) is 1.29. The summed E-state index contributed by atoms with van der Waals surface area (Å²) in [5.74, 6) is -3.47. The minimum Gasteiger partial charge on any atom is -0.353 e. The van der Waals surface area contributed by atoms with Crippen molar-refractivity contribution in [3.05, 3.63) is 34.6 Å². The Balaban J connectivity index is 1.81. The summed E-state index contributed by atoms with van der Waals surface area (Å²) in [5, 5.41) is 0. The highest BCUT2D eigenvalue weighted by molar-refractivity contribution is 5.34. The van der Waals surface area contributed by atoms with Gasteiger partial charge in [0.2, 0.25) is 0 Å². The number of rotatable bonds is 4. The fourth-order valence-electron chi connectivity index (χ4n) is 3.67. The first-order valence-corrected chi connectivity index (χ1v) is 8.56. The topological polar surface area (TPSA) is 18.5 Å². The van der Waals surface area contributed by atoms with E-state index in [0.29, 0.717) is 37.2 Å². The highest BCUT2D eigenvalue weighted by Gasteiger charge is 2.27. The Labute approximate surface area is 135 Å². The van der Waals surface area contributed by atoms with Crippen molar-refractivity contribution in [1.82, 2.24) is 0 Å². The molecule has 0 bridgehead atoms. The van der Waals surface area contributed by atoms with Gasteiger partial charge in [-0.25, -0.2) is 13.2 Å². The number of halogens is 3. The van der Waals surface area contributed by atoms with Crippen LogP contribution in [0.2, 0.25) is 0 Å². The van der Waals surface area contributed by atoms with Crippen LogP contribution in [0.15, 0.2) is 6.07 Å². The van der Waals surface area contributed by atoms with E-state index in [-0.39, 0.29) is 12.2 Å². The molecule has 1 heterocycles. The molecular weight excluding hydrogens is 305 g/mol. The van der Waals surface area contributed by atoms with Gasteiger partial charge in [-0.1, -0.05) is 19.3 Å². The minimum absolute atomic E-state index is 0.0120. The molecule has 5 heteroatoms. The van der Waals surface area contributed by atoms with Crippen molar-refractivity contribution in [2.75, 3.05) is 13.2 Å². The van der Waals surface area contributed by atoms with Crippen LogP contribution in [0.3, 0.4) is 0 Å². The summed E-state index contributed by atoms with van der Waals surface area (Å²) in [7, 11) is 0. The molecule has 0 radical (unpaired) electrons. The van der Waals surface area contributed by atoms with Crippen molar-refractivity contribution in [3.8, 4) is 0 Å². The number of hydrogen-bond donors (Lipinski definition) is 0. The van der Waals surface area contributed by atoms with Crippen molar-refractivity contribution in [1.29, 1.82) is 0 Å². The Bertz CT molecular complexity index is 536. The first-order valence-electron chi connectivity index (χ1n) is 8.56. The Kier molecular flexibility index (Phi) is 5.59. The maximum atomic E-state index is 14.4. The van der Waals surface area contributed by atoms with Crippen LogP contribution >= 0.6 is 0 Å². The molecule has 2 aliphatic rings. The lowest BCUT2D eigenvalue weighted by molar-refractivity contribution is -0.180. The largest absolute Gasteiger partial charge is 0.353 e. The monoisotopic (exact) mass is 328 g/mol. The second kappa shape index (κ2) is 7.67. The van der Waals surface area contributed by atoms with Crippen LogP contribution < -0.4 is 0 Å². The Morgan fingerprint density at radius 3 is 2.30 bits per heavy atom. The quantitative estimate of drug-likeness (QED) is 0.736. The third-order valence-electron chi connectivity index (χ3n) is 4.84. The van der Waals surface area contributed by atoms with Gasteiger partial charge in [0.25, 0.3) is 0 Å². The summed E-state index contributed by atoms with van der Waals surface area (Å²) in [6.07, 6.45) is 6.32. The van der Waals surface area contributed by atoms with Crippen LogP contribution in [0.5, 0.6) is 0 Å². The summed E-state index contributed by atoms with van der Waals surface area (Å²) >= 11 is 0. The van der Waals surface area contributed by atoms with E-state index >= 15 is 0 Å². The van der Waals surface area contributed by atoms with Crippen LogP contribution in [0.25, 0.3) is 0 Å². The van der Waals surface area contributed by atoms with Gasteiger partial charge in [-0.2, -0.15) is 0 Å². The Morgan fingerprint density at radius 1 is 0.913 bits per heavy atom. The molecule has 0 aromatic heterocycles. The Hall–Kier alpha value is -1.07. The molecule has 3 rings (SSSR count). The molecule has 23 heavy (non-hydrogen) atoms. The van der Waals surface area contributed by atoms with Gasteiger partial charge >= 0.3 is 0 Å². The van der Waals surface area contributed by atoms with E-state index in [2.05, 4.69) is 0 Å². The molecule has 0 spiro atoms. The van der Waals surface area contributed by atoms with Gasteiger partial charge in [-0.3, -0.25) is 0 Å². The smallest absolute Gasteiger partial charge is 0.194 e. The van der Waals surface area contributed by atoms with Crippen LogP contribution in [-0.4, -0.2) is 19.5 Å². The molecule has 1 aliphatic carbocycles. The van der Waals surface area contributed by atoms with Crippen molar-refractivity contribution in [2.24, 2.45) is 0 Å². The molecule has 0 amide bonds. The lowest BCUT2D eigenvalue weighted by atomic mass is 9.81. The van der Waals surface area contributed by atoms with E-state index in [1.807, 2.05) is 0 Å². The fourth-order valence-corrected chi connectivity index (χ4v) is 3.67. The molecule has 1 aromatic carbocycles. The molecule has 0 atom stereocenters. The fraction of sp³-hybridized carbons (Fsp3) is 0.667. The first kappa shape index (κ1) is 16.8. The van der Waals surface area contributed by atoms with E-state index < -0.39 is 17.5 Å². The van der Waals surface area contributed by atoms with E-state index in [1.54, 1.807) is 0 Å². The summed E-state index contributed by atoms with van der Waals surface area (Å²) in [4.78, 5) is 0. The van der Waals surface area contributed by atoms with E-state index in [0.717, 1.165) is 44.6 Å². The highest BCUT2D eigenvalue weighted by Crippen LogP contribution is 2.37.